The molecular formula is C14H23N3O2. The van der Waals surface area contributed by atoms with Gasteiger partial charge in [0.05, 0.1) is 24.5 Å². The average molecular weight is 265 g/mol. The molecule has 0 saturated heterocycles. The van der Waals surface area contributed by atoms with Crippen LogP contribution in [-0.4, -0.2) is 28.7 Å². The van der Waals surface area contributed by atoms with Crippen LogP contribution in [0, 0.1) is 0 Å². The zero-order valence-electron chi connectivity index (χ0n) is 11.6. The van der Waals surface area contributed by atoms with Crippen LogP contribution >= 0.6 is 0 Å². The highest BCUT2D eigenvalue weighted by Crippen LogP contribution is 2.25. The predicted octanol–water partition coefficient (Wildman–Crippen LogP) is 2.31. The summed E-state index contributed by atoms with van der Waals surface area (Å²) >= 11 is 0. The molecule has 0 aromatic carbocycles. The molecule has 1 aliphatic carbocycles. The van der Waals surface area contributed by atoms with Crippen LogP contribution in [0.4, 0.5) is 0 Å². The van der Waals surface area contributed by atoms with Crippen LogP contribution in [-0.2, 0) is 0 Å². The maximum absolute atomic E-state index is 6.40. The molecule has 0 unspecified atom stereocenters. The third kappa shape index (κ3) is 4.35. The van der Waals surface area contributed by atoms with Crippen molar-refractivity contribution in [3.63, 3.8) is 0 Å². The van der Waals surface area contributed by atoms with Gasteiger partial charge in [-0.3, -0.25) is 4.98 Å². The number of ether oxygens (including phenoxy) is 2. The number of hydrogen-bond acceptors (Lipinski definition) is 5. The van der Waals surface area contributed by atoms with E-state index in [1.165, 1.54) is 25.7 Å². The molecule has 106 valence electrons. The van der Waals surface area contributed by atoms with Gasteiger partial charge < -0.3 is 15.2 Å². The minimum atomic E-state index is -0.222. The topological polar surface area (TPSA) is 70.3 Å². The standard InChI is InChI=1S/C14H23N3O2/c1-2-18-12-9-16-10-13(17-12)19-11-14(15)7-5-3-4-6-8-14/h9-10H,2-8,11,15H2,1H3. The normalized spacial score (nSPS) is 18.6. The van der Waals surface area contributed by atoms with Gasteiger partial charge >= 0.3 is 0 Å². The molecule has 1 aromatic heterocycles. The summed E-state index contributed by atoms with van der Waals surface area (Å²) in [6.45, 7) is 2.98. The minimum Gasteiger partial charge on any atom is -0.477 e. The number of aromatic nitrogens is 2. The van der Waals surface area contributed by atoms with E-state index < -0.39 is 0 Å². The fourth-order valence-electron chi connectivity index (χ4n) is 2.41. The van der Waals surface area contributed by atoms with E-state index in [0.717, 1.165) is 12.8 Å². The maximum atomic E-state index is 6.40. The Balaban J connectivity index is 1.91. The van der Waals surface area contributed by atoms with Gasteiger partial charge in [0.15, 0.2) is 0 Å². The van der Waals surface area contributed by atoms with Crippen molar-refractivity contribution in [3.8, 4) is 11.8 Å². The first-order valence-corrected chi connectivity index (χ1v) is 7.08. The Morgan fingerprint density at radius 1 is 1.11 bits per heavy atom. The zero-order valence-corrected chi connectivity index (χ0v) is 11.6. The lowest BCUT2D eigenvalue weighted by molar-refractivity contribution is 0.190. The summed E-state index contributed by atoms with van der Waals surface area (Å²) in [5.74, 6) is 0.979. The first-order valence-electron chi connectivity index (χ1n) is 7.08. The Morgan fingerprint density at radius 2 is 1.74 bits per heavy atom. The van der Waals surface area contributed by atoms with E-state index >= 15 is 0 Å². The van der Waals surface area contributed by atoms with Crippen LogP contribution in [0.5, 0.6) is 11.8 Å². The molecule has 2 N–H and O–H groups in total. The van der Waals surface area contributed by atoms with Crippen molar-refractivity contribution >= 4 is 0 Å². The summed E-state index contributed by atoms with van der Waals surface area (Å²) in [7, 11) is 0. The van der Waals surface area contributed by atoms with Crippen molar-refractivity contribution in [2.75, 3.05) is 13.2 Å². The zero-order chi connectivity index (χ0) is 13.6. The van der Waals surface area contributed by atoms with Crippen LogP contribution < -0.4 is 15.2 Å². The lowest BCUT2D eigenvalue weighted by Crippen LogP contribution is -2.45. The largest absolute Gasteiger partial charge is 0.477 e. The summed E-state index contributed by atoms with van der Waals surface area (Å²) in [6, 6.07) is 0. The fourth-order valence-corrected chi connectivity index (χ4v) is 2.41. The smallest absolute Gasteiger partial charge is 0.235 e. The molecule has 0 atom stereocenters. The van der Waals surface area contributed by atoms with Gasteiger partial charge in [0.25, 0.3) is 0 Å². The SMILES string of the molecule is CCOc1cncc(OCC2(N)CCCCCC2)n1. The Morgan fingerprint density at radius 3 is 2.37 bits per heavy atom. The molecule has 0 bridgehead atoms. The van der Waals surface area contributed by atoms with Crippen LogP contribution in [0.1, 0.15) is 45.4 Å². The van der Waals surface area contributed by atoms with Gasteiger partial charge in [0, 0.05) is 0 Å². The lowest BCUT2D eigenvalue weighted by atomic mass is 9.93. The summed E-state index contributed by atoms with van der Waals surface area (Å²) in [4.78, 5) is 8.29. The van der Waals surface area contributed by atoms with Gasteiger partial charge in [-0.25, -0.2) is 0 Å². The Hall–Kier alpha value is -1.36. The van der Waals surface area contributed by atoms with Gasteiger partial charge in [-0.2, -0.15) is 4.98 Å². The molecule has 2 rings (SSSR count). The number of hydrogen-bond donors (Lipinski definition) is 1. The number of rotatable bonds is 5. The first-order chi connectivity index (χ1) is 9.22. The fraction of sp³-hybridized carbons (Fsp3) is 0.714. The van der Waals surface area contributed by atoms with Gasteiger partial charge in [-0.15, -0.1) is 0 Å². The van der Waals surface area contributed by atoms with Gasteiger partial charge in [-0.05, 0) is 19.8 Å². The lowest BCUT2D eigenvalue weighted by Gasteiger charge is -2.27. The van der Waals surface area contributed by atoms with Crippen molar-refractivity contribution < 1.29 is 9.47 Å². The molecule has 0 aliphatic heterocycles. The number of nitrogens with zero attached hydrogens (tertiary/aromatic N) is 2. The van der Waals surface area contributed by atoms with Gasteiger partial charge in [0.1, 0.15) is 6.61 Å². The van der Waals surface area contributed by atoms with E-state index in [1.54, 1.807) is 12.4 Å². The Bertz CT molecular complexity index is 390. The molecule has 0 radical (unpaired) electrons. The monoisotopic (exact) mass is 265 g/mol. The summed E-state index contributed by atoms with van der Waals surface area (Å²) in [6.07, 6.45) is 10.1. The molecule has 1 heterocycles. The Kier molecular flexibility index (Phi) is 4.96. The second-order valence-electron chi connectivity index (χ2n) is 5.19. The molecule has 0 amide bonds. The van der Waals surface area contributed by atoms with Crippen molar-refractivity contribution in [3.05, 3.63) is 12.4 Å². The van der Waals surface area contributed by atoms with Crippen LogP contribution in [0.2, 0.25) is 0 Å². The summed E-state index contributed by atoms with van der Waals surface area (Å²) < 4.78 is 11.0. The van der Waals surface area contributed by atoms with Crippen molar-refractivity contribution in [1.29, 1.82) is 0 Å². The molecular weight excluding hydrogens is 242 g/mol. The second-order valence-corrected chi connectivity index (χ2v) is 5.19. The Labute approximate surface area is 114 Å². The van der Waals surface area contributed by atoms with E-state index in [2.05, 4.69) is 9.97 Å². The molecule has 19 heavy (non-hydrogen) atoms. The van der Waals surface area contributed by atoms with Gasteiger partial charge in [0.2, 0.25) is 11.8 Å². The summed E-state index contributed by atoms with van der Waals surface area (Å²) in [5.41, 5.74) is 6.18. The van der Waals surface area contributed by atoms with Crippen molar-refractivity contribution in [1.82, 2.24) is 9.97 Å². The predicted molar refractivity (Wildman–Crippen MR) is 73.3 cm³/mol. The molecule has 0 spiro atoms. The van der Waals surface area contributed by atoms with Gasteiger partial charge in [-0.1, -0.05) is 25.7 Å². The quantitative estimate of drug-likeness (QED) is 0.827. The minimum absolute atomic E-state index is 0.222. The summed E-state index contributed by atoms with van der Waals surface area (Å²) in [5, 5.41) is 0. The van der Waals surface area contributed by atoms with Crippen molar-refractivity contribution in [2.45, 2.75) is 51.0 Å². The molecule has 1 aliphatic rings. The second kappa shape index (κ2) is 6.70. The van der Waals surface area contributed by atoms with E-state index in [4.69, 9.17) is 15.2 Å². The highest BCUT2D eigenvalue weighted by Gasteiger charge is 2.27. The van der Waals surface area contributed by atoms with E-state index in [-0.39, 0.29) is 5.54 Å². The van der Waals surface area contributed by atoms with E-state index in [1.807, 2.05) is 6.92 Å². The third-order valence-corrected chi connectivity index (χ3v) is 3.49. The van der Waals surface area contributed by atoms with Crippen molar-refractivity contribution in [2.24, 2.45) is 5.73 Å². The highest BCUT2D eigenvalue weighted by atomic mass is 16.5. The molecule has 5 nitrogen and oxygen atoms in total. The molecule has 5 heteroatoms. The van der Waals surface area contributed by atoms with Crippen LogP contribution in [0.25, 0.3) is 0 Å². The van der Waals surface area contributed by atoms with E-state index in [0.29, 0.717) is 25.0 Å². The first kappa shape index (κ1) is 14.1. The maximum Gasteiger partial charge on any atom is 0.235 e. The van der Waals surface area contributed by atoms with E-state index in [9.17, 15) is 0 Å². The molecule has 1 saturated carbocycles. The molecule has 1 aromatic rings. The van der Waals surface area contributed by atoms with Crippen LogP contribution in [0.15, 0.2) is 12.4 Å². The third-order valence-electron chi connectivity index (χ3n) is 3.49. The average Bonchev–Trinajstić information content (AvgIpc) is 2.63. The van der Waals surface area contributed by atoms with Crippen LogP contribution in [0.3, 0.4) is 0 Å². The molecule has 1 fully saturated rings. The number of nitrogens with two attached hydrogens (primary N) is 1. The highest BCUT2D eigenvalue weighted by molar-refractivity contribution is 5.13.